The van der Waals surface area contributed by atoms with E-state index >= 15 is 0 Å². The molecular weight excluding hydrogens is 294 g/mol. The molecule has 1 aromatic rings. The standard InChI is InChI=1S/C14H18ClN3O3/c15-10-5-6-13(18(20)21)11(7-10)14(19)17-12(8-16)9-3-1-2-4-9/h5-7,9,12H,1-4,8,16H2,(H,17,19). The van der Waals surface area contributed by atoms with Crippen LogP contribution in [0, 0.1) is 16.0 Å². The van der Waals surface area contributed by atoms with Crippen LogP contribution in [0.5, 0.6) is 0 Å². The number of halogens is 1. The molecule has 114 valence electrons. The summed E-state index contributed by atoms with van der Waals surface area (Å²) in [6.07, 6.45) is 4.32. The number of nitrogens with zero attached hydrogens (tertiary/aromatic N) is 1. The van der Waals surface area contributed by atoms with Crippen LogP contribution in [0.1, 0.15) is 36.0 Å². The van der Waals surface area contributed by atoms with Crippen molar-refractivity contribution in [2.24, 2.45) is 11.7 Å². The van der Waals surface area contributed by atoms with Crippen molar-refractivity contribution in [2.75, 3.05) is 6.54 Å². The number of amides is 1. The Kier molecular flexibility index (Phi) is 5.14. The van der Waals surface area contributed by atoms with Crippen LogP contribution in [0.25, 0.3) is 0 Å². The molecule has 1 fully saturated rings. The first-order valence-corrected chi connectivity index (χ1v) is 7.35. The number of nitrogens with one attached hydrogen (secondary N) is 1. The van der Waals surface area contributed by atoms with Gasteiger partial charge in [-0.3, -0.25) is 14.9 Å². The molecule has 1 atom stereocenters. The lowest BCUT2D eigenvalue weighted by Gasteiger charge is -2.23. The van der Waals surface area contributed by atoms with Crippen molar-refractivity contribution in [3.05, 3.63) is 38.9 Å². The first-order chi connectivity index (χ1) is 10.0. The molecule has 0 aliphatic heterocycles. The van der Waals surface area contributed by atoms with Gasteiger partial charge in [0, 0.05) is 23.7 Å². The first kappa shape index (κ1) is 15.7. The van der Waals surface area contributed by atoms with E-state index in [0.29, 0.717) is 12.5 Å². The van der Waals surface area contributed by atoms with Crippen LogP contribution in [-0.2, 0) is 0 Å². The summed E-state index contributed by atoms with van der Waals surface area (Å²) in [7, 11) is 0. The smallest absolute Gasteiger partial charge is 0.282 e. The van der Waals surface area contributed by atoms with E-state index in [4.69, 9.17) is 17.3 Å². The number of carbonyl (C=O) groups excluding carboxylic acids is 1. The molecule has 21 heavy (non-hydrogen) atoms. The Hall–Kier alpha value is -1.66. The lowest BCUT2D eigenvalue weighted by atomic mass is 9.97. The minimum atomic E-state index is -0.585. The molecule has 0 radical (unpaired) electrons. The molecule has 1 unspecified atom stereocenters. The number of nitro groups is 1. The van der Waals surface area contributed by atoms with Gasteiger partial charge in [0.15, 0.2) is 0 Å². The topological polar surface area (TPSA) is 98.3 Å². The molecule has 1 aliphatic rings. The number of hydrogen-bond donors (Lipinski definition) is 2. The van der Waals surface area contributed by atoms with Crippen molar-refractivity contribution in [2.45, 2.75) is 31.7 Å². The molecule has 2 rings (SSSR count). The van der Waals surface area contributed by atoms with Gasteiger partial charge in [-0.15, -0.1) is 0 Å². The fourth-order valence-corrected chi connectivity index (χ4v) is 3.00. The largest absolute Gasteiger partial charge is 0.348 e. The van der Waals surface area contributed by atoms with Gasteiger partial charge in [0.25, 0.3) is 11.6 Å². The van der Waals surface area contributed by atoms with Crippen LogP contribution >= 0.6 is 11.6 Å². The van der Waals surface area contributed by atoms with Crippen molar-refractivity contribution >= 4 is 23.2 Å². The summed E-state index contributed by atoms with van der Waals surface area (Å²) >= 11 is 5.84. The van der Waals surface area contributed by atoms with Crippen LogP contribution in [0.15, 0.2) is 18.2 Å². The quantitative estimate of drug-likeness (QED) is 0.644. The maximum atomic E-state index is 12.3. The van der Waals surface area contributed by atoms with E-state index in [1.165, 1.54) is 18.2 Å². The molecule has 0 spiro atoms. The number of nitrogens with two attached hydrogens (primary N) is 1. The molecule has 0 aromatic heterocycles. The summed E-state index contributed by atoms with van der Waals surface area (Å²) in [5.74, 6) is -0.149. The predicted octanol–water partition coefficient (Wildman–Crippen LogP) is 2.50. The molecule has 0 heterocycles. The normalized spacial score (nSPS) is 16.7. The van der Waals surface area contributed by atoms with E-state index in [-0.39, 0.29) is 22.3 Å². The molecule has 1 aromatic carbocycles. The van der Waals surface area contributed by atoms with Gasteiger partial charge in [-0.1, -0.05) is 24.4 Å². The van der Waals surface area contributed by atoms with Gasteiger partial charge in [-0.2, -0.15) is 0 Å². The Labute approximate surface area is 127 Å². The fraction of sp³-hybridized carbons (Fsp3) is 0.500. The van der Waals surface area contributed by atoms with Crippen LogP contribution in [0.4, 0.5) is 5.69 Å². The van der Waals surface area contributed by atoms with Gasteiger partial charge in [0.2, 0.25) is 0 Å². The molecule has 1 amide bonds. The van der Waals surface area contributed by atoms with Gasteiger partial charge in [0.05, 0.1) is 4.92 Å². The number of nitro benzene ring substituents is 1. The van der Waals surface area contributed by atoms with Crippen LogP contribution < -0.4 is 11.1 Å². The summed E-state index contributed by atoms with van der Waals surface area (Å²) in [5, 5.41) is 14.1. The lowest BCUT2D eigenvalue weighted by molar-refractivity contribution is -0.385. The highest BCUT2D eigenvalue weighted by Gasteiger charge is 2.28. The maximum Gasteiger partial charge on any atom is 0.282 e. The molecule has 0 saturated heterocycles. The molecule has 1 saturated carbocycles. The van der Waals surface area contributed by atoms with E-state index < -0.39 is 10.8 Å². The van der Waals surface area contributed by atoms with Crippen molar-refractivity contribution in [3.8, 4) is 0 Å². The van der Waals surface area contributed by atoms with E-state index in [1.807, 2.05) is 0 Å². The molecular formula is C14H18ClN3O3. The summed E-state index contributed by atoms with van der Waals surface area (Å²) < 4.78 is 0. The number of benzene rings is 1. The van der Waals surface area contributed by atoms with E-state index in [9.17, 15) is 14.9 Å². The van der Waals surface area contributed by atoms with E-state index in [0.717, 1.165) is 25.7 Å². The molecule has 6 nitrogen and oxygen atoms in total. The maximum absolute atomic E-state index is 12.3. The van der Waals surface area contributed by atoms with E-state index in [2.05, 4.69) is 5.32 Å². The molecule has 3 N–H and O–H groups in total. The lowest BCUT2D eigenvalue weighted by Crippen LogP contribution is -2.44. The fourth-order valence-electron chi connectivity index (χ4n) is 2.82. The second-order valence-corrected chi connectivity index (χ2v) is 5.72. The minimum absolute atomic E-state index is 0.0241. The highest BCUT2D eigenvalue weighted by Crippen LogP contribution is 2.28. The summed E-state index contributed by atoms with van der Waals surface area (Å²) in [6.45, 7) is 0.324. The first-order valence-electron chi connectivity index (χ1n) is 6.97. The van der Waals surface area contributed by atoms with Crippen LogP contribution in [-0.4, -0.2) is 23.4 Å². The average Bonchev–Trinajstić information content (AvgIpc) is 2.98. The summed E-state index contributed by atoms with van der Waals surface area (Å²) in [5.41, 5.74) is 5.46. The van der Waals surface area contributed by atoms with Gasteiger partial charge in [-0.05, 0) is 30.9 Å². The highest BCUT2D eigenvalue weighted by atomic mass is 35.5. The zero-order valence-electron chi connectivity index (χ0n) is 11.5. The minimum Gasteiger partial charge on any atom is -0.348 e. The van der Waals surface area contributed by atoms with Gasteiger partial charge < -0.3 is 11.1 Å². The monoisotopic (exact) mass is 311 g/mol. The number of carbonyl (C=O) groups is 1. The third kappa shape index (κ3) is 3.71. The molecule has 1 aliphatic carbocycles. The second kappa shape index (κ2) is 6.87. The Morgan fingerprint density at radius 1 is 1.48 bits per heavy atom. The summed E-state index contributed by atoms with van der Waals surface area (Å²) in [6, 6.07) is 3.80. The predicted molar refractivity (Wildman–Crippen MR) is 80.4 cm³/mol. The summed E-state index contributed by atoms with van der Waals surface area (Å²) in [4.78, 5) is 22.7. The van der Waals surface area contributed by atoms with Crippen LogP contribution in [0.3, 0.4) is 0 Å². The SMILES string of the molecule is NCC(NC(=O)c1cc(Cl)ccc1[N+](=O)[O-])C1CCCC1. The second-order valence-electron chi connectivity index (χ2n) is 5.28. The Balaban J connectivity index is 2.19. The average molecular weight is 312 g/mol. The van der Waals surface area contributed by atoms with Gasteiger partial charge in [0.1, 0.15) is 5.56 Å². The van der Waals surface area contributed by atoms with Crippen molar-refractivity contribution in [3.63, 3.8) is 0 Å². The Morgan fingerprint density at radius 3 is 2.71 bits per heavy atom. The van der Waals surface area contributed by atoms with Crippen molar-refractivity contribution in [1.82, 2.24) is 5.32 Å². The van der Waals surface area contributed by atoms with Crippen LogP contribution in [0.2, 0.25) is 5.02 Å². The van der Waals surface area contributed by atoms with Gasteiger partial charge >= 0.3 is 0 Å². The van der Waals surface area contributed by atoms with Gasteiger partial charge in [-0.25, -0.2) is 0 Å². The third-order valence-electron chi connectivity index (χ3n) is 3.94. The Bertz CT molecular complexity index is 544. The highest BCUT2D eigenvalue weighted by molar-refractivity contribution is 6.31. The number of hydrogen-bond acceptors (Lipinski definition) is 4. The van der Waals surface area contributed by atoms with E-state index in [1.54, 1.807) is 0 Å². The van der Waals surface area contributed by atoms with Crippen molar-refractivity contribution < 1.29 is 9.72 Å². The molecule has 0 bridgehead atoms. The third-order valence-corrected chi connectivity index (χ3v) is 4.17. The van der Waals surface area contributed by atoms with Crippen molar-refractivity contribution in [1.29, 1.82) is 0 Å². The zero-order valence-corrected chi connectivity index (χ0v) is 12.3. The number of rotatable bonds is 5. The molecule has 7 heteroatoms. The zero-order chi connectivity index (χ0) is 15.4. The Morgan fingerprint density at radius 2 is 2.14 bits per heavy atom.